The third-order valence-corrected chi connectivity index (χ3v) is 6.45. The summed E-state index contributed by atoms with van der Waals surface area (Å²) in [6.45, 7) is 7.24. The number of unbranched alkanes of at least 4 members (excludes halogenated alkanes) is 1. The summed E-state index contributed by atoms with van der Waals surface area (Å²) in [5.41, 5.74) is 0. The normalized spacial score (nSPS) is 18.4. The second-order valence-corrected chi connectivity index (χ2v) is 14.1. The number of rotatable bonds is 6. The monoisotopic (exact) mass is 215 g/mol. The zero-order valence-electron chi connectivity index (χ0n) is 9.05. The first kappa shape index (κ1) is 11.3. The molecule has 1 rings (SSSR count). The molecular weight excluding hydrogens is 194 g/mol. The van der Waals surface area contributed by atoms with E-state index in [1.54, 1.807) is 0 Å². The van der Waals surface area contributed by atoms with Gasteiger partial charge in [-0.05, 0) is 37.7 Å². The molecule has 1 saturated carbocycles. The van der Waals surface area contributed by atoms with Gasteiger partial charge in [0.25, 0.3) is 0 Å². The Labute approximate surface area is 87.1 Å². The van der Waals surface area contributed by atoms with Crippen molar-refractivity contribution in [2.24, 2.45) is 4.99 Å². The molecule has 0 aromatic heterocycles. The summed E-state index contributed by atoms with van der Waals surface area (Å²) in [5.74, 6) is 1.33. The van der Waals surface area contributed by atoms with E-state index in [4.69, 9.17) is 0 Å². The molecule has 76 valence electrons. The van der Waals surface area contributed by atoms with Crippen LogP contribution in [0.2, 0.25) is 19.6 Å². The Hall–Kier alpha value is 0.237. The number of hydrogen-bond acceptors (Lipinski definition) is 2. The van der Waals surface area contributed by atoms with Gasteiger partial charge >= 0.3 is 0 Å². The van der Waals surface area contributed by atoms with Crippen LogP contribution in [-0.2, 0) is 0 Å². The van der Waals surface area contributed by atoms with Crippen LogP contribution in [0.15, 0.2) is 4.99 Å². The topological polar surface area (TPSA) is 12.4 Å². The number of aliphatic imine (C=N–C) groups is 1. The Kier molecular flexibility index (Phi) is 4.53. The predicted molar refractivity (Wildman–Crippen MR) is 66.6 cm³/mol. The van der Waals surface area contributed by atoms with Crippen molar-refractivity contribution in [1.29, 1.82) is 0 Å². The minimum Gasteiger partial charge on any atom is -0.294 e. The maximum atomic E-state index is 4.45. The minimum absolute atomic E-state index is 0.713. The van der Waals surface area contributed by atoms with Crippen LogP contribution in [0.3, 0.4) is 0 Å². The lowest BCUT2D eigenvalue weighted by molar-refractivity contribution is 0.995. The second-order valence-electron chi connectivity index (χ2n) is 4.67. The van der Waals surface area contributed by atoms with E-state index in [1.807, 2.05) is 0 Å². The van der Waals surface area contributed by atoms with Gasteiger partial charge in [0.05, 0.1) is 0 Å². The van der Waals surface area contributed by atoms with Crippen LogP contribution in [0.25, 0.3) is 0 Å². The van der Waals surface area contributed by atoms with Gasteiger partial charge in [0, 0.05) is 6.04 Å². The molecule has 0 aromatic carbocycles. The molecule has 0 atom stereocenters. The molecule has 1 nitrogen and oxygen atoms in total. The molecule has 3 heteroatoms. The summed E-state index contributed by atoms with van der Waals surface area (Å²) in [6, 6.07) is 0.713. The van der Waals surface area contributed by atoms with Crippen molar-refractivity contribution in [3.8, 4) is 0 Å². The highest BCUT2D eigenvalue weighted by Crippen LogP contribution is 2.23. The molecule has 0 amide bonds. The Balaban J connectivity index is 1.88. The lowest BCUT2D eigenvalue weighted by atomic mass is 10.4. The lowest BCUT2D eigenvalue weighted by Crippen LogP contribution is -2.14. The maximum Gasteiger partial charge on any atom is 0.108 e. The highest BCUT2D eigenvalue weighted by molar-refractivity contribution is 8.28. The van der Waals surface area contributed by atoms with E-state index in [1.165, 1.54) is 31.4 Å². The van der Waals surface area contributed by atoms with Crippen molar-refractivity contribution >= 4 is 24.6 Å². The average molecular weight is 215 g/mol. The largest absolute Gasteiger partial charge is 0.294 e. The molecule has 0 aromatic rings. The van der Waals surface area contributed by atoms with Gasteiger partial charge in [0.15, 0.2) is 0 Å². The first-order valence-corrected chi connectivity index (χ1v) is 10.4. The third kappa shape index (κ3) is 7.32. The summed E-state index contributed by atoms with van der Waals surface area (Å²) in [4.78, 5) is 4.45. The van der Waals surface area contributed by atoms with Gasteiger partial charge < -0.3 is 0 Å². The quantitative estimate of drug-likeness (QED) is 0.375. The van der Waals surface area contributed by atoms with Crippen LogP contribution in [0.4, 0.5) is 0 Å². The summed E-state index contributed by atoms with van der Waals surface area (Å²) in [6.07, 6.45) is 7.31. The van der Waals surface area contributed by atoms with Crippen LogP contribution in [-0.4, -0.2) is 25.2 Å². The van der Waals surface area contributed by atoms with Crippen molar-refractivity contribution in [1.82, 2.24) is 0 Å². The molecule has 0 aliphatic heterocycles. The van der Waals surface area contributed by atoms with Gasteiger partial charge in [0.1, 0.15) is 7.22 Å². The SMILES string of the molecule is C[Si](C)(C)SCCC/C=N\C1CC1. The smallest absolute Gasteiger partial charge is 0.108 e. The van der Waals surface area contributed by atoms with E-state index in [9.17, 15) is 0 Å². The van der Waals surface area contributed by atoms with Crippen molar-refractivity contribution in [2.75, 3.05) is 5.75 Å². The van der Waals surface area contributed by atoms with Crippen molar-refractivity contribution in [3.05, 3.63) is 0 Å². The zero-order valence-corrected chi connectivity index (χ0v) is 10.9. The molecular formula is C10H21NSSi. The summed E-state index contributed by atoms with van der Waals surface area (Å²) < 4.78 is 0. The Bertz CT molecular complexity index is 170. The molecule has 0 N–H and O–H groups in total. The zero-order chi connectivity index (χ0) is 9.73. The molecule has 0 bridgehead atoms. The molecule has 0 spiro atoms. The van der Waals surface area contributed by atoms with Gasteiger partial charge in [-0.1, -0.05) is 19.6 Å². The van der Waals surface area contributed by atoms with Gasteiger partial charge in [-0.3, -0.25) is 4.99 Å². The average Bonchev–Trinajstić information content (AvgIpc) is 2.77. The van der Waals surface area contributed by atoms with Crippen LogP contribution < -0.4 is 0 Å². The highest BCUT2D eigenvalue weighted by atomic mass is 32.4. The summed E-state index contributed by atoms with van der Waals surface area (Å²) >= 11 is 2.19. The van der Waals surface area contributed by atoms with Gasteiger partial charge in [-0.25, -0.2) is 0 Å². The van der Waals surface area contributed by atoms with E-state index in [0.29, 0.717) is 6.04 Å². The maximum absolute atomic E-state index is 4.45. The van der Waals surface area contributed by atoms with Crippen LogP contribution in [0.5, 0.6) is 0 Å². The van der Waals surface area contributed by atoms with Gasteiger partial charge in [0.2, 0.25) is 0 Å². The van der Waals surface area contributed by atoms with Gasteiger partial charge in [-0.2, -0.15) is 11.2 Å². The van der Waals surface area contributed by atoms with Gasteiger partial charge in [-0.15, -0.1) is 0 Å². The third-order valence-electron chi connectivity index (χ3n) is 1.88. The Morgan fingerprint density at radius 3 is 2.62 bits per heavy atom. The molecule has 1 fully saturated rings. The van der Waals surface area contributed by atoms with Crippen molar-refractivity contribution in [3.63, 3.8) is 0 Å². The van der Waals surface area contributed by atoms with Crippen LogP contribution >= 0.6 is 11.2 Å². The van der Waals surface area contributed by atoms with E-state index in [0.717, 1.165) is 0 Å². The summed E-state index contributed by atoms with van der Waals surface area (Å²) in [7, 11) is -0.855. The van der Waals surface area contributed by atoms with E-state index in [2.05, 4.69) is 42.1 Å². The Morgan fingerprint density at radius 2 is 2.08 bits per heavy atom. The molecule has 0 radical (unpaired) electrons. The number of hydrogen-bond donors (Lipinski definition) is 0. The molecule has 0 unspecified atom stereocenters. The van der Waals surface area contributed by atoms with Crippen molar-refractivity contribution < 1.29 is 0 Å². The molecule has 1 aliphatic carbocycles. The fourth-order valence-corrected chi connectivity index (χ4v) is 4.19. The van der Waals surface area contributed by atoms with E-state index >= 15 is 0 Å². The highest BCUT2D eigenvalue weighted by Gasteiger charge is 2.18. The minimum atomic E-state index is -0.855. The Morgan fingerprint density at radius 1 is 1.38 bits per heavy atom. The van der Waals surface area contributed by atoms with Crippen LogP contribution in [0.1, 0.15) is 25.7 Å². The number of nitrogens with zero attached hydrogens (tertiary/aromatic N) is 1. The lowest BCUT2D eigenvalue weighted by Gasteiger charge is -2.13. The first-order chi connectivity index (χ1) is 6.08. The fraction of sp³-hybridized carbons (Fsp3) is 0.900. The fourth-order valence-electron chi connectivity index (χ4n) is 1.00. The standard InChI is InChI=1S/C10H21NSSi/c1-13(2,3)12-9-5-4-8-11-10-6-7-10/h8,10H,4-7,9H2,1-3H3/b11-8-. The molecule has 13 heavy (non-hydrogen) atoms. The first-order valence-electron chi connectivity index (χ1n) is 5.23. The molecule has 1 aliphatic rings. The molecule has 0 saturated heterocycles. The summed E-state index contributed by atoms with van der Waals surface area (Å²) in [5, 5.41) is 0. The second kappa shape index (κ2) is 5.20. The van der Waals surface area contributed by atoms with Crippen LogP contribution in [0, 0.1) is 0 Å². The van der Waals surface area contributed by atoms with E-state index in [-0.39, 0.29) is 0 Å². The van der Waals surface area contributed by atoms with E-state index < -0.39 is 7.22 Å². The predicted octanol–water partition coefficient (Wildman–Crippen LogP) is 3.57. The molecule has 0 heterocycles. The van der Waals surface area contributed by atoms with Crippen molar-refractivity contribution in [2.45, 2.75) is 51.4 Å².